The Bertz CT molecular complexity index is 1320. The lowest BCUT2D eigenvalue weighted by Crippen LogP contribution is -2.70. The third-order valence-corrected chi connectivity index (χ3v) is 8.61. The second-order valence-corrected chi connectivity index (χ2v) is 12.3. The fourth-order valence-corrected chi connectivity index (χ4v) is 5.93. The third-order valence-electron chi connectivity index (χ3n) is 7.27. The summed E-state index contributed by atoms with van der Waals surface area (Å²) in [5, 5.41) is 36.2. The average Bonchev–Trinajstić information content (AvgIpc) is 3.02. The molecule has 0 radical (unpaired) electrons. The number of aliphatic hydroxyl groups excluding tert-OH is 1. The van der Waals surface area contributed by atoms with Gasteiger partial charge in [-0.05, 0) is 39.5 Å². The summed E-state index contributed by atoms with van der Waals surface area (Å²) in [5.74, 6) is -6.69. The van der Waals surface area contributed by atoms with Crippen LogP contribution in [0.5, 0.6) is 0 Å². The van der Waals surface area contributed by atoms with Crippen LogP contribution in [0.25, 0.3) is 0 Å². The number of carbonyl (C=O) groups is 7. The number of nitrogens with one attached hydrogen (secondary N) is 3. The van der Waals surface area contributed by atoms with Gasteiger partial charge in [-0.3, -0.25) is 33.9 Å². The van der Waals surface area contributed by atoms with E-state index >= 15 is 0 Å². The zero-order chi connectivity index (χ0) is 36.3. The first-order valence-electron chi connectivity index (χ1n) is 14.9. The van der Waals surface area contributed by atoms with E-state index in [4.69, 9.17) is 32.8 Å². The van der Waals surface area contributed by atoms with E-state index in [1.165, 1.54) is 13.8 Å². The molecule has 0 unspecified atom stereocenters. The number of nitrogens with zero attached hydrogens (tertiary/aromatic N) is 2. The van der Waals surface area contributed by atoms with Gasteiger partial charge in [-0.15, -0.1) is 11.8 Å². The van der Waals surface area contributed by atoms with Gasteiger partial charge in [-0.2, -0.15) is 0 Å². The minimum absolute atomic E-state index is 0.00486. The zero-order valence-corrected chi connectivity index (χ0v) is 27.2. The summed E-state index contributed by atoms with van der Waals surface area (Å²) in [6, 6.07) is -5.37. The van der Waals surface area contributed by atoms with E-state index < -0.39 is 95.5 Å². The number of carboxylic acids is 2. The van der Waals surface area contributed by atoms with Crippen molar-refractivity contribution in [1.29, 1.82) is 0 Å². The molecule has 20 nitrogen and oxygen atoms in total. The Hall–Kier alpha value is -4.47. The molecule has 0 aromatic rings. The molecule has 0 aromatic heterocycles. The Morgan fingerprint density at radius 2 is 1.71 bits per heavy atom. The number of hydrogen-bond donors (Lipinski definition) is 10. The number of aliphatic carboxylic acids is 2. The summed E-state index contributed by atoms with van der Waals surface area (Å²) in [7, 11) is 0. The number of guanidine groups is 1. The van der Waals surface area contributed by atoms with Crippen molar-refractivity contribution in [3.8, 4) is 0 Å². The molecule has 14 N–H and O–H groups in total. The highest BCUT2D eigenvalue weighted by Gasteiger charge is 2.54. The summed E-state index contributed by atoms with van der Waals surface area (Å²) in [6.07, 6.45) is -1.61. The van der Waals surface area contributed by atoms with Crippen molar-refractivity contribution in [3.05, 3.63) is 11.3 Å². The zero-order valence-electron chi connectivity index (χ0n) is 26.4. The molecule has 0 aliphatic carbocycles. The minimum atomic E-state index is -1.93. The number of hydrogen-bond acceptors (Lipinski definition) is 13. The van der Waals surface area contributed by atoms with Crippen LogP contribution in [0.1, 0.15) is 46.0 Å². The molecule has 0 bridgehead atoms. The molecule has 0 aromatic carbocycles. The van der Waals surface area contributed by atoms with Gasteiger partial charge in [0, 0.05) is 24.3 Å². The van der Waals surface area contributed by atoms with Gasteiger partial charge in [0.1, 0.15) is 35.8 Å². The molecule has 48 heavy (non-hydrogen) atoms. The van der Waals surface area contributed by atoms with Gasteiger partial charge in [0.15, 0.2) is 12.1 Å². The van der Waals surface area contributed by atoms with E-state index in [2.05, 4.69) is 20.9 Å². The molecule has 2 aliphatic heterocycles. The quantitative estimate of drug-likeness (QED) is 0.0200. The van der Waals surface area contributed by atoms with Crippen LogP contribution in [-0.2, 0) is 38.3 Å². The summed E-state index contributed by atoms with van der Waals surface area (Å²) < 4.78 is 5.21. The first kappa shape index (κ1) is 39.7. The smallest absolute Gasteiger partial charge is 0.352 e. The SMILES string of the molecule is C[C@H](N)C(=O)N[C@@H](C)C(=O)N[C@@H](CCCN=C(N)N)[C@@H](O)C(=O)OCC1=C(C(=O)O)N2C(=O)[C@@H](NC(=O)CCC[C@@H](N)C(=O)O)[C@H]2SC1. The van der Waals surface area contributed by atoms with Crippen LogP contribution in [-0.4, -0.2) is 128 Å². The Kier molecular flexibility index (Phi) is 15.0. The fourth-order valence-electron chi connectivity index (χ4n) is 4.60. The maximum atomic E-state index is 12.9. The standard InChI is InChI=1S/C27H43N9O11S/c1-11(28)20(39)33-12(2)21(40)34-15(6-4-8-32-27(30)31)19(38)26(46)47-9-13-10-48-23-17(22(41)36(23)18(13)25(44)45)35-16(37)7-3-5-14(29)24(42)43/h11-12,14-15,17,19,23,38H,3-10,28-29H2,1-2H3,(H,33,39)(H,34,40)(H,35,37)(H,42,43)(H,44,45)(H4,30,31,32)/t11-,12-,14+,15-,17+,19+,23+/m0/s1. The number of esters is 1. The lowest BCUT2D eigenvalue weighted by molar-refractivity contribution is -0.155. The molecule has 21 heteroatoms. The van der Waals surface area contributed by atoms with Crippen molar-refractivity contribution in [2.45, 2.75) is 87.6 Å². The second-order valence-electron chi connectivity index (χ2n) is 11.2. The van der Waals surface area contributed by atoms with Crippen LogP contribution in [0.3, 0.4) is 0 Å². The van der Waals surface area contributed by atoms with Gasteiger partial charge in [0.2, 0.25) is 17.7 Å². The molecule has 2 heterocycles. The first-order valence-corrected chi connectivity index (χ1v) is 15.9. The molecule has 2 rings (SSSR count). The topological polar surface area (TPSA) is 345 Å². The number of ether oxygens (including phenoxy) is 1. The molecule has 2 aliphatic rings. The number of amides is 4. The number of thioether (sulfide) groups is 1. The van der Waals surface area contributed by atoms with Crippen LogP contribution in [0, 0.1) is 0 Å². The minimum Gasteiger partial charge on any atom is -0.480 e. The van der Waals surface area contributed by atoms with Gasteiger partial charge in [-0.25, -0.2) is 9.59 Å². The van der Waals surface area contributed by atoms with Crippen molar-refractivity contribution in [1.82, 2.24) is 20.9 Å². The number of aliphatic imine (C=N–C) groups is 1. The fraction of sp³-hybridized carbons (Fsp3) is 0.630. The van der Waals surface area contributed by atoms with E-state index in [0.717, 1.165) is 16.7 Å². The van der Waals surface area contributed by atoms with Crippen molar-refractivity contribution >= 4 is 59.3 Å². The van der Waals surface area contributed by atoms with E-state index in [9.17, 15) is 43.8 Å². The van der Waals surface area contributed by atoms with Gasteiger partial charge in [0.05, 0.1) is 12.1 Å². The maximum Gasteiger partial charge on any atom is 0.352 e. The first-order chi connectivity index (χ1) is 22.5. The number of nitrogens with two attached hydrogens (primary N) is 4. The van der Waals surface area contributed by atoms with Gasteiger partial charge < -0.3 is 58.9 Å². The lowest BCUT2D eigenvalue weighted by Gasteiger charge is -2.49. The largest absolute Gasteiger partial charge is 0.480 e. The van der Waals surface area contributed by atoms with Crippen LogP contribution in [0.15, 0.2) is 16.3 Å². The van der Waals surface area contributed by atoms with Crippen LogP contribution in [0.4, 0.5) is 0 Å². The molecule has 4 amide bonds. The van der Waals surface area contributed by atoms with Crippen molar-refractivity contribution in [2.24, 2.45) is 27.9 Å². The predicted octanol–water partition coefficient (Wildman–Crippen LogP) is -4.40. The number of carboxylic acid groups (broad SMARTS) is 2. The monoisotopic (exact) mass is 701 g/mol. The molecule has 0 saturated carbocycles. The summed E-state index contributed by atoms with van der Waals surface area (Å²) in [4.78, 5) is 90.5. The summed E-state index contributed by atoms with van der Waals surface area (Å²) in [6.45, 7) is 2.28. The third kappa shape index (κ3) is 11.1. The molecular formula is C27H43N9O11S. The average molecular weight is 702 g/mol. The molecule has 1 saturated heterocycles. The second kappa shape index (κ2) is 18.2. The molecule has 1 fully saturated rings. The van der Waals surface area contributed by atoms with Crippen molar-refractivity contribution in [2.75, 3.05) is 18.9 Å². The summed E-state index contributed by atoms with van der Waals surface area (Å²) in [5.41, 5.74) is 21.2. The normalized spacial score (nSPS) is 20.1. The number of β-lactam (4-membered cyclic amide) rings is 1. The van der Waals surface area contributed by atoms with E-state index in [1.807, 2.05) is 0 Å². The number of fused-ring (bicyclic) bond motifs is 1. The maximum absolute atomic E-state index is 12.9. The van der Waals surface area contributed by atoms with Gasteiger partial charge >= 0.3 is 17.9 Å². The molecule has 7 atom stereocenters. The Balaban J connectivity index is 2.07. The molecule has 268 valence electrons. The van der Waals surface area contributed by atoms with Crippen LogP contribution in [0.2, 0.25) is 0 Å². The van der Waals surface area contributed by atoms with Gasteiger partial charge in [0.25, 0.3) is 5.91 Å². The van der Waals surface area contributed by atoms with Crippen LogP contribution >= 0.6 is 11.8 Å². The van der Waals surface area contributed by atoms with Gasteiger partial charge in [-0.1, -0.05) is 0 Å². The molecule has 0 spiro atoms. The number of aliphatic hydroxyl groups is 1. The number of rotatable bonds is 19. The van der Waals surface area contributed by atoms with E-state index in [1.54, 1.807) is 0 Å². The number of carbonyl (C=O) groups excluding carboxylic acids is 5. The highest BCUT2D eigenvalue weighted by molar-refractivity contribution is 8.00. The Morgan fingerprint density at radius 3 is 2.29 bits per heavy atom. The van der Waals surface area contributed by atoms with Crippen molar-refractivity contribution in [3.63, 3.8) is 0 Å². The van der Waals surface area contributed by atoms with Crippen LogP contribution < -0.4 is 38.9 Å². The Labute approximate surface area is 279 Å². The van der Waals surface area contributed by atoms with Crippen molar-refractivity contribution < 1.29 is 53.6 Å². The van der Waals surface area contributed by atoms with E-state index in [0.29, 0.717) is 0 Å². The van der Waals surface area contributed by atoms with E-state index in [-0.39, 0.29) is 55.9 Å². The predicted molar refractivity (Wildman–Crippen MR) is 169 cm³/mol. The Morgan fingerprint density at radius 1 is 1.04 bits per heavy atom. The highest BCUT2D eigenvalue weighted by Crippen LogP contribution is 2.40. The lowest BCUT2D eigenvalue weighted by atomic mass is 10.0. The summed E-state index contributed by atoms with van der Waals surface area (Å²) >= 11 is 1.11. The molecular weight excluding hydrogens is 658 g/mol. The highest BCUT2D eigenvalue weighted by atomic mass is 32.2.